The molecule has 0 aromatic carbocycles. The Labute approximate surface area is 109 Å². The first kappa shape index (κ1) is 14.5. The average molecular weight is 252 g/mol. The summed E-state index contributed by atoms with van der Waals surface area (Å²) in [5.41, 5.74) is 3.49. The molecule has 5 nitrogen and oxygen atoms in total. The molecule has 0 aliphatic carbocycles. The third kappa shape index (κ3) is 3.75. The van der Waals surface area contributed by atoms with Gasteiger partial charge in [-0.05, 0) is 46.6 Å². The van der Waals surface area contributed by atoms with Crippen LogP contribution in [-0.4, -0.2) is 28.4 Å². The van der Waals surface area contributed by atoms with Gasteiger partial charge in [0.15, 0.2) is 0 Å². The van der Waals surface area contributed by atoms with Gasteiger partial charge in [0.05, 0.1) is 5.69 Å². The SMILES string of the molecule is CCn1nc(C)c(CCNC(=O)NC(C)C)c1C. The normalized spacial score (nSPS) is 10.8. The minimum Gasteiger partial charge on any atom is -0.338 e. The summed E-state index contributed by atoms with van der Waals surface area (Å²) in [6.45, 7) is 11.6. The summed E-state index contributed by atoms with van der Waals surface area (Å²) in [5, 5.41) is 10.1. The van der Waals surface area contributed by atoms with Gasteiger partial charge in [0.2, 0.25) is 0 Å². The highest BCUT2D eigenvalue weighted by atomic mass is 16.2. The molecule has 18 heavy (non-hydrogen) atoms. The van der Waals surface area contributed by atoms with E-state index in [9.17, 15) is 4.79 Å². The van der Waals surface area contributed by atoms with Crippen molar-refractivity contribution in [2.24, 2.45) is 0 Å². The number of hydrogen-bond donors (Lipinski definition) is 2. The van der Waals surface area contributed by atoms with E-state index in [0.717, 1.165) is 18.7 Å². The van der Waals surface area contributed by atoms with Crippen LogP contribution in [0, 0.1) is 13.8 Å². The molecule has 1 aromatic rings. The van der Waals surface area contributed by atoms with Gasteiger partial charge < -0.3 is 10.6 Å². The summed E-state index contributed by atoms with van der Waals surface area (Å²) >= 11 is 0. The Bertz CT molecular complexity index is 409. The van der Waals surface area contributed by atoms with E-state index in [1.807, 2.05) is 25.5 Å². The maximum absolute atomic E-state index is 11.4. The molecular weight excluding hydrogens is 228 g/mol. The van der Waals surface area contributed by atoms with Gasteiger partial charge in [0.25, 0.3) is 0 Å². The van der Waals surface area contributed by atoms with Gasteiger partial charge in [0.1, 0.15) is 0 Å². The molecule has 0 spiro atoms. The summed E-state index contributed by atoms with van der Waals surface area (Å²) < 4.78 is 2.00. The van der Waals surface area contributed by atoms with E-state index in [-0.39, 0.29) is 12.1 Å². The Morgan fingerprint density at radius 3 is 2.56 bits per heavy atom. The molecule has 2 amide bonds. The zero-order valence-corrected chi connectivity index (χ0v) is 12.0. The first-order valence-electron chi connectivity index (χ1n) is 6.53. The number of aromatic nitrogens is 2. The summed E-state index contributed by atoms with van der Waals surface area (Å²) in [5.74, 6) is 0. The third-order valence-corrected chi connectivity index (χ3v) is 2.91. The van der Waals surface area contributed by atoms with Gasteiger partial charge in [-0.1, -0.05) is 0 Å². The van der Waals surface area contributed by atoms with E-state index in [4.69, 9.17) is 0 Å². The van der Waals surface area contributed by atoms with Crippen molar-refractivity contribution in [2.75, 3.05) is 6.54 Å². The monoisotopic (exact) mass is 252 g/mol. The van der Waals surface area contributed by atoms with Crippen LogP contribution in [-0.2, 0) is 13.0 Å². The minimum atomic E-state index is -0.108. The fraction of sp³-hybridized carbons (Fsp3) is 0.692. The van der Waals surface area contributed by atoms with Crippen LogP contribution < -0.4 is 10.6 Å². The number of amides is 2. The fourth-order valence-corrected chi connectivity index (χ4v) is 2.02. The maximum Gasteiger partial charge on any atom is 0.314 e. The largest absolute Gasteiger partial charge is 0.338 e. The molecule has 0 aliphatic heterocycles. The Balaban J connectivity index is 2.49. The summed E-state index contributed by atoms with van der Waals surface area (Å²) in [7, 11) is 0. The number of nitrogens with one attached hydrogen (secondary N) is 2. The van der Waals surface area contributed by atoms with Crippen molar-refractivity contribution in [3.8, 4) is 0 Å². The van der Waals surface area contributed by atoms with Crippen LogP contribution >= 0.6 is 0 Å². The Morgan fingerprint density at radius 1 is 1.39 bits per heavy atom. The van der Waals surface area contributed by atoms with E-state index < -0.39 is 0 Å². The van der Waals surface area contributed by atoms with Crippen LogP contribution in [0.2, 0.25) is 0 Å². The maximum atomic E-state index is 11.4. The average Bonchev–Trinajstić information content (AvgIpc) is 2.55. The van der Waals surface area contributed by atoms with Gasteiger partial charge >= 0.3 is 6.03 Å². The van der Waals surface area contributed by atoms with Gasteiger partial charge in [-0.25, -0.2) is 4.79 Å². The molecule has 1 heterocycles. The number of carbonyl (C=O) groups is 1. The van der Waals surface area contributed by atoms with Crippen molar-refractivity contribution in [1.82, 2.24) is 20.4 Å². The second-order valence-electron chi connectivity index (χ2n) is 4.77. The second kappa shape index (κ2) is 6.42. The smallest absolute Gasteiger partial charge is 0.314 e. The van der Waals surface area contributed by atoms with Crippen molar-refractivity contribution in [3.63, 3.8) is 0 Å². The van der Waals surface area contributed by atoms with E-state index >= 15 is 0 Å². The molecule has 1 aromatic heterocycles. The summed E-state index contributed by atoms with van der Waals surface area (Å²) in [6, 6.07) is 0.0551. The lowest BCUT2D eigenvalue weighted by Gasteiger charge is -2.10. The standard InChI is InChI=1S/C13H24N4O/c1-6-17-11(5)12(10(4)16-17)7-8-14-13(18)15-9(2)3/h9H,6-8H2,1-5H3,(H2,14,15,18). The highest BCUT2D eigenvalue weighted by Crippen LogP contribution is 2.13. The molecule has 102 valence electrons. The molecule has 2 N–H and O–H groups in total. The van der Waals surface area contributed by atoms with Crippen LogP contribution in [0.4, 0.5) is 4.79 Å². The van der Waals surface area contributed by atoms with Gasteiger partial charge in [-0.3, -0.25) is 4.68 Å². The van der Waals surface area contributed by atoms with Gasteiger partial charge in [-0.2, -0.15) is 5.10 Å². The molecule has 0 aliphatic rings. The van der Waals surface area contributed by atoms with Crippen LogP contribution in [0.5, 0.6) is 0 Å². The number of hydrogen-bond acceptors (Lipinski definition) is 2. The molecule has 0 unspecified atom stereocenters. The third-order valence-electron chi connectivity index (χ3n) is 2.91. The van der Waals surface area contributed by atoms with E-state index in [1.165, 1.54) is 11.3 Å². The predicted octanol–water partition coefficient (Wildman–Crippen LogP) is 1.77. The van der Waals surface area contributed by atoms with Crippen LogP contribution in [0.1, 0.15) is 37.7 Å². The van der Waals surface area contributed by atoms with Crippen molar-refractivity contribution in [3.05, 3.63) is 17.0 Å². The Hall–Kier alpha value is -1.52. The highest BCUT2D eigenvalue weighted by Gasteiger charge is 2.10. The highest BCUT2D eigenvalue weighted by molar-refractivity contribution is 5.74. The quantitative estimate of drug-likeness (QED) is 0.839. The fourth-order valence-electron chi connectivity index (χ4n) is 2.02. The van der Waals surface area contributed by atoms with Crippen molar-refractivity contribution >= 4 is 6.03 Å². The number of nitrogens with zero attached hydrogens (tertiary/aromatic N) is 2. The molecule has 1 rings (SSSR count). The number of carbonyl (C=O) groups excluding carboxylic acids is 1. The zero-order chi connectivity index (χ0) is 13.7. The van der Waals surface area contributed by atoms with Gasteiger partial charge in [-0.15, -0.1) is 0 Å². The van der Waals surface area contributed by atoms with Crippen molar-refractivity contribution in [1.29, 1.82) is 0 Å². The van der Waals surface area contributed by atoms with E-state index in [1.54, 1.807) is 0 Å². The number of urea groups is 1. The lowest BCUT2D eigenvalue weighted by molar-refractivity contribution is 0.238. The molecule has 0 atom stereocenters. The number of aryl methyl sites for hydroxylation is 2. The first-order chi connectivity index (χ1) is 8.45. The van der Waals surface area contributed by atoms with E-state index in [0.29, 0.717) is 6.54 Å². The summed E-state index contributed by atoms with van der Waals surface area (Å²) in [6.07, 6.45) is 0.823. The minimum absolute atomic E-state index is 0.108. The lowest BCUT2D eigenvalue weighted by atomic mass is 10.1. The van der Waals surface area contributed by atoms with Crippen molar-refractivity contribution < 1.29 is 4.79 Å². The molecule has 5 heteroatoms. The molecule has 0 saturated heterocycles. The second-order valence-corrected chi connectivity index (χ2v) is 4.77. The zero-order valence-electron chi connectivity index (χ0n) is 12.0. The predicted molar refractivity (Wildman–Crippen MR) is 72.7 cm³/mol. The van der Waals surface area contributed by atoms with E-state index in [2.05, 4.69) is 29.6 Å². The Kier molecular flexibility index (Phi) is 5.19. The van der Waals surface area contributed by atoms with Crippen molar-refractivity contribution in [2.45, 2.75) is 53.6 Å². The van der Waals surface area contributed by atoms with Crippen LogP contribution in [0.3, 0.4) is 0 Å². The topological polar surface area (TPSA) is 59.0 Å². The first-order valence-corrected chi connectivity index (χ1v) is 6.53. The molecular formula is C13H24N4O. The van der Waals surface area contributed by atoms with Crippen LogP contribution in [0.25, 0.3) is 0 Å². The Morgan fingerprint density at radius 2 is 2.06 bits per heavy atom. The molecule has 0 bridgehead atoms. The number of rotatable bonds is 5. The van der Waals surface area contributed by atoms with Crippen LogP contribution in [0.15, 0.2) is 0 Å². The van der Waals surface area contributed by atoms with Gasteiger partial charge in [0, 0.05) is 24.8 Å². The molecule has 0 saturated carbocycles. The lowest BCUT2D eigenvalue weighted by Crippen LogP contribution is -2.40. The summed E-state index contributed by atoms with van der Waals surface area (Å²) in [4.78, 5) is 11.4. The molecule has 0 radical (unpaired) electrons. The molecule has 0 fully saturated rings.